The van der Waals surface area contributed by atoms with Crippen molar-refractivity contribution in [2.75, 3.05) is 13.1 Å². The molecule has 2 N–H and O–H groups in total. The fourth-order valence-corrected chi connectivity index (χ4v) is 3.98. The summed E-state index contributed by atoms with van der Waals surface area (Å²) in [5, 5.41) is 11.4. The Hall–Kier alpha value is -2.04. The molecular formula is C17H22N2O3. The van der Waals surface area contributed by atoms with E-state index in [9.17, 15) is 9.59 Å². The first kappa shape index (κ1) is 14.9. The summed E-state index contributed by atoms with van der Waals surface area (Å²) >= 11 is 0. The Labute approximate surface area is 130 Å². The van der Waals surface area contributed by atoms with E-state index < -0.39 is 5.97 Å². The van der Waals surface area contributed by atoms with E-state index >= 15 is 0 Å². The zero-order valence-electron chi connectivity index (χ0n) is 12.6. The molecule has 1 atom stereocenters. The van der Waals surface area contributed by atoms with Crippen molar-refractivity contribution in [3.05, 3.63) is 35.9 Å². The zero-order valence-corrected chi connectivity index (χ0v) is 12.6. The zero-order chi connectivity index (χ0) is 15.6. The van der Waals surface area contributed by atoms with E-state index in [0.29, 0.717) is 0 Å². The third-order valence-corrected chi connectivity index (χ3v) is 4.97. The summed E-state index contributed by atoms with van der Waals surface area (Å²) in [5.41, 5.74) is 1.41. The Kier molecular flexibility index (Phi) is 4.05. The molecule has 1 unspecified atom stereocenters. The first-order valence-corrected chi connectivity index (χ1v) is 7.94. The molecule has 5 heteroatoms. The van der Waals surface area contributed by atoms with Gasteiger partial charge >= 0.3 is 12.0 Å². The predicted molar refractivity (Wildman–Crippen MR) is 82.4 cm³/mol. The van der Waals surface area contributed by atoms with Gasteiger partial charge in [-0.2, -0.15) is 0 Å². The van der Waals surface area contributed by atoms with Crippen LogP contribution in [0.1, 0.15) is 43.7 Å². The minimum atomic E-state index is -0.893. The first-order valence-electron chi connectivity index (χ1n) is 7.94. The largest absolute Gasteiger partial charge is 0.481 e. The van der Waals surface area contributed by atoms with Crippen molar-refractivity contribution in [1.29, 1.82) is 0 Å². The summed E-state index contributed by atoms with van der Waals surface area (Å²) in [6.45, 7) is 0.963. The monoisotopic (exact) mass is 302 g/mol. The number of likely N-dealkylation sites (tertiary alicyclic amines) is 1. The minimum Gasteiger partial charge on any atom is -0.481 e. The number of carboxylic acids is 1. The fraction of sp³-hybridized carbons (Fsp3) is 0.529. The molecule has 3 rings (SSSR count). The molecule has 2 amide bonds. The lowest BCUT2D eigenvalue weighted by molar-refractivity contribution is -0.136. The first-order chi connectivity index (χ1) is 10.6. The van der Waals surface area contributed by atoms with E-state index in [2.05, 4.69) is 17.4 Å². The number of carboxylic acid groups (broad SMARTS) is 1. The maximum absolute atomic E-state index is 12.4. The normalized spacial score (nSPS) is 22.4. The quantitative estimate of drug-likeness (QED) is 0.898. The molecule has 0 bridgehead atoms. The number of carbonyl (C=O) groups is 2. The molecule has 0 radical (unpaired) electrons. The summed E-state index contributed by atoms with van der Waals surface area (Å²) in [6.07, 6.45) is 4.77. The molecule has 1 aromatic rings. The molecule has 1 spiro atoms. The number of rotatable bonds is 4. The van der Waals surface area contributed by atoms with Gasteiger partial charge in [0.2, 0.25) is 0 Å². The standard InChI is InChI=1S/C17H22N2O3/c20-14(21)8-11-18-16(22)19-12-17(9-4-5-10-17)15(19)13-6-2-1-3-7-13/h1-3,6-7,15H,4-5,8-12H2,(H,18,22)(H,20,21). The van der Waals surface area contributed by atoms with Crippen LogP contribution in [0.5, 0.6) is 0 Å². The Balaban J connectivity index is 1.71. The molecular weight excluding hydrogens is 280 g/mol. The number of benzene rings is 1. The van der Waals surface area contributed by atoms with Crippen LogP contribution in [0.25, 0.3) is 0 Å². The highest BCUT2D eigenvalue weighted by Crippen LogP contribution is 2.57. The van der Waals surface area contributed by atoms with E-state index in [1.165, 1.54) is 31.2 Å². The van der Waals surface area contributed by atoms with Crippen molar-refractivity contribution < 1.29 is 14.7 Å². The number of aliphatic carboxylic acids is 1. The van der Waals surface area contributed by atoms with Crippen LogP contribution in [-0.4, -0.2) is 35.1 Å². The molecule has 1 aliphatic carbocycles. The highest BCUT2D eigenvalue weighted by atomic mass is 16.4. The summed E-state index contributed by atoms with van der Waals surface area (Å²) < 4.78 is 0. The molecule has 0 aromatic heterocycles. The SMILES string of the molecule is O=C(O)CCNC(=O)N1CC2(CCCC2)C1c1ccccc1. The van der Waals surface area contributed by atoms with Crippen LogP contribution in [0.2, 0.25) is 0 Å². The van der Waals surface area contributed by atoms with E-state index in [1.807, 2.05) is 23.1 Å². The molecule has 2 aliphatic rings. The average molecular weight is 302 g/mol. The van der Waals surface area contributed by atoms with Crippen LogP contribution in [0.3, 0.4) is 0 Å². The number of nitrogens with zero attached hydrogens (tertiary/aromatic N) is 1. The minimum absolute atomic E-state index is 0.0409. The van der Waals surface area contributed by atoms with Crippen molar-refractivity contribution >= 4 is 12.0 Å². The van der Waals surface area contributed by atoms with Gasteiger partial charge in [-0.15, -0.1) is 0 Å². The van der Waals surface area contributed by atoms with Crippen molar-refractivity contribution in [3.63, 3.8) is 0 Å². The van der Waals surface area contributed by atoms with Crippen molar-refractivity contribution in [1.82, 2.24) is 10.2 Å². The average Bonchev–Trinajstić information content (AvgIpc) is 2.97. The van der Waals surface area contributed by atoms with Gasteiger partial charge in [0.15, 0.2) is 0 Å². The molecule has 1 saturated heterocycles. The highest BCUT2D eigenvalue weighted by molar-refractivity contribution is 5.77. The van der Waals surface area contributed by atoms with E-state index in [0.717, 1.165) is 6.54 Å². The van der Waals surface area contributed by atoms with Gasteiger partial charge in [-0.3, -0.25) is 4.79 Å². The van der Waals surface area contributed by atoms with Gasteiger partial charge in [0.25, 0.3) is 0 Å². The van der Waals surface area contributed by atoms with E-state index in [-0.39, 0.29) is 30.5 Å². The molecule has 1 saturated carbocycles. The van der Waals surface area contributed by atoms with Crippen molar-refractivity contribution in [2.45, 2.75) is 38.1 Å². The molecule has 5 nitrogen and oxygen atoms in total. The fourth-order valence-electron chi connectivity index (χ4n) is 3.98. The highest BCUT2D eigenvalue weighted by Gasteiger charge is 2.55. The second-order valence-electron chi connectivity index (χ2n) is 6.39. The number of amides is 2. The third-order valence-electron chi connectivity index (χ3n) is 4.97. The van der Waals surface area contributed by atoms with Gasteiger partial charge < -0.3 is 15.3 Å². The lowest BCUT2D eigenvalue weighted by Crippen LogP contribution is -2.61. The molecule has 22 heavy (non-hydrogen) atoms. The third kappa shape index (κ3) is 2.67. The van der Waals surface area contributed by atoms with Gasteiger partial charge in [-0.25, -0.2) is 4.79 Å². The van der Waals surface area contributed by atoms with E-state index in [4.69, 9.17) is 5.11 Å². The Morgan fingerprint density at radius 3 is 2.55 bits per heavy atom. The second-order valence-corrected chi connectivity index (χ2v) is 6.39. The van der Waals surface area contributed by atoms with Gasteiger partial charge in [0, 0.05) is 18.5 Å². The number of nitrogens with one attached hydrogen (secondary N) is 1. The maximum atomic E-state index is 12.4. The van der Waals surface area contributed by atoms with E-state index in [1.54, 1.807) is 0 Å². The molecule has 2 fully saturated rings. The number of carbonyl (C=O) groups excluding carboxylic acids is 1. The topological polar surface area (TPSA) is 69.6 Å². The number of hydrogen-bond acceptors (Lipinski definition) is 2. The Morgan fingerprint density at radius 2 is 1.91 bits per heavy atom. The molecule has 1 aliphatic heterocycles. The lowest BCUT2D eigenvalue weighted by Gasteiger charge is -2.56. The Bertz CT molecular complexity index is 552. The van der Waals surface area contributed by atoms with Gasteiger partial charge in [0.1, 0.15) is 0 Å². The van der Waals surface area contributed by atoms with Crippen LogP contribution >= 0.6 is 0 Å². The smallest absolute Gasteiger partial charge is 0.317 e. The summed E-state index contributed by atoms with van der Waals surface area (Å²) in [6, 6.07) is 10.2. The molecule has 1 aromatic carbocycles. The van der Waals surface area contributed by atoms with Crippen molar-refractivity contribution in [2.24, 2.45) is 5.41 Å². The summed E-state index contributed by atoms with van der Waals surface area (Å²) in [4.78, 5) is 24.8. The Morgan fingerprint density at radius 1 is 1.23 bits per heavy atom. The number of hydrogen-bond donors (Lipinski definition) is 2. The summed E-state index contributed by atoms with van der Waals surface area (Å²) in [7, 11) is 0. The second kappa shape index (κ2) is 5.99. The predicted octanol–water partition coefficient (Wildman–Crippen LogP) is 2.79. The van der Waals surface area contributed by atoms with Crippen LogP contribution in [0, 0.1) is 5.41 Å². The van der Waals surface area contributed by atoms with Crippen molar-refractivity contribution in [3.8, 4) is 0 Å². The van der Waals surface area contributed by atoms with Crippen LogP contribution in [0.15, 0.2) is 30.3 Å². The van der Waals surface area contributed by atoms with Crippen LogP contribution < -0.4 is 5.32 Å². The van der Waals surface area contributed by atoms with Gasteiger partial charge in [-0.05, 0) is 18.4 Å². The molecule has 1 heterocycles. The molecule has 118 valence electrons. The summed E-state index contributed by atoms with van der Waals surface area (Å²) in [5.74, 6) is -0.893. The maximum Gasteiger partial charge on any atom is 0.317 e. The lowest BCUT2D eigenvalue weighted by atomic mass is 9.67. The van der Waals surface area contributed by atoms with Crippen LogP contribution in [0.4, 0.5) is 4.79 Å². The number of urea groups is 1. The van der Waals surface area contributed by atoms with Gasteiger partial charge in [0.05, 0.1) is 12.5 Å². The van der Waals surface area contributed by atoms with Crippen LogP contribution in [-0.2, 0) is 4.79 Å². The van der Waals surface area contributed by atoms with Gasteiger partial charge in [-0.1, -0.05) is 43.2 Å².